The van der Waals surface area contributed by atoms with E-state index in [-0.39, 0.29) is 17.4 Å². The molecule has 3 heterocycles. The van der Waals surface area contributed by atoms with Gasteiger partial charge >= 0.3 is 0 Å². The summed E-state index contributed by atoms with van der Waals surface area (Å²) in [5.74, 6) is 0.0887. The van der Waals surface area contributed by atoms with E-state index in [9.17, 15) is 14.4 Å². The van der Waals surface area contributed by atoms with E-state index in [1.165, 1.54) is 17.4 Å². The zero-order chi connectivity index (χ0) is 17.6. The normalized spacial score (nSPS) is 15.0. The maximum Gasteiger partial charge on any atom is 0.264 e. The maximum atomic E-state index is 12.4. The fraction of sp³-hybridized carbons (Fsp3) is 0.412. The third-order valence-electron chi connectivity index (χ3n) is 4.24. The van der Waals surface area contributed by atoms with Gasteiger partial charge in [-0.25, -0.2) is 5.10 Å². The number of H-pyrrole nitrogens is 1. The van der Waals surface area contributed by atoms with Crippen LogP contribution in [-0.4, -0.2) is 58.0 Å². The molecule has 0 atom stereocenters. The standard InChI is InChI=1S/C17H20N4O3S/c22-15-4-2-14(18-19-15)3-5-16(23)20-7-1-8-21(10-9-20)17(24)13-6-11-25-12-13/h2,4,6,11-12H,1,3,5,7-10H2,(H,19,22). The number of aryl methyl sites for hydroxylation is 1. The number of aromatic nitrogens is 2. The van der Waals surface area contributed by atoms with Gasteiger partial charge in [-0.05, 0) is 23.9 Å². The third-order valence-corrected chi connectivity index (χ3v) is 4.92. The highest BCUT2D eigenvalue weighted by molar-refractivity contribution is 7.08. The zero-order valence-electron chi connectivity index (χ0n) is 13.8. The molecular formula is C17H20N4O3S. The number of nitrogens with one attached hydrogen (secondary N) is 1. The van der Waals surface area contributed by atoms with Gasteiger partial charge in [0.25, 0.3) is 11.5 Å². The van der Waals surface area contributed by atoms with Crippen LogP contribution in [-0.2, 0) is 11.2 Å². The van der Waals surface area contributed by atoms with E-state index >= 15 is 0 Å². The van der Waals surface area contributed by atoms with Gasteiger partial charge in [0, 0.05) is 50.5 Å². The molecule has 8 heteroatoms. The summed E-state index contributed by atoms with van der Waals surface area (Å²) in [5, 5.41) is 10.0. The molecule has 0 bridgehead atoms. The molecule has 0 radical (unpaired) electrons. The summed E-state index contributed by atoms with van der Waals surface area (Å²) < 4.78 is 0. The summed E-state index contributed by atoms with van der Waals surface area (Å²) in [6.45, 7) is 2.43. The molecule has 1 aliphatic heterocycles. The second kappa shape index (κ2) is 8.06. The predicted octanol–water partition coefficient (Wildman–Crippen LogP) is 1.14. The van der Waals surface area contributed by atoms with Crippen LogP contribution in [0.15, 0.2) is 33.8 Å². The molecule has 0 aromatic carbocycles. The second-order valence-electron chi connectivity index (χ2n) is 5.95. The number of hydrogen-bond acceptors (Lipinski definition) is 5. The van der Waals surface area contributed by atoms with Crippen molar-refractivity contribution in [2.75, 3.05) is 26.2 Å². The summed E-state index contributed by atoms with van der Waals surface area (Å²) >= 11 is 1.51. The lowest BCUT2D eigenvalue weighted by Gasteiger charge is -2.22. The van der Waals surface area contributed by atoms with E-state index in [4.69, 9.17) is 0 Å². The van der Waals surface area contributed by atoms with Crippen molar-refractivity contribution in [2.24, 2.45) is 0 Å². The molecular weight excluding hydrogens is 340 g/mol. The lowest BCUT2D eigenvalue weighted by Crippen LogP contribution is -2.37. The van der Waals surface area contributed by atoms with E-state index in [2.05, 4.69) is 10.2 Å². The Morgan fingerprint density at radius 1 is 1.12 bits per heavy atom. The first-order valence-electron chi connectivity index (χ1n) is 8.27. The third kappa shape index (κ3) is 4.54. The molecule has 1 saturated heterocycles. The van der Waals surface area contributed by atoms with Gasteiger partial charge in [-0.1, -0.05) is 0 Å². The quantitative estimate of drug-likeness (QED) is 0.886. The van der Waals surface area contributed by atoms with Gasteiger partial charge in [0.05, 0.1) is 11.3 Å². The number of amides is 2. The number of carbonyl (C=O) groups excluding carboxylic acids is 2. The van der Waals surface area contributed by atoms with Crippen molar-refractivity contribution in [3.63, 3.8) is 0 Å². The summed E-state index contributed by atoms with van der Waals surface area (Å²) in [5.41, 5.74) is 1.16. The van der Waals surface area contributed by atoms with Crippen molar-refractivity contribution < 1.29 is 9.59 Å². The van der Waals surface area contributed by atoms with Crippen LogP contribution in [0.25, 0.3) is 0 Å². The topological polar surface area (TPSA) is 86.4 Å². The van der Waals surface area contributed by atoms with Crippen molar-refractivity contribution in [1.82, 2.24) is 20.0 Å². The minimum absolute atomic E-state index is 0.0352. The molecule has 3 rings (SSSR count). The van der Waals surface area contributed by atoms with Crippen LogP contribution in [0, 0.1) is 0 Å². The Morgan fingerprint density at radius 3 is 2.64 bits per heavy atom. The van der Waals surface area contributed by atoms with Crippen LogP contribution in [0.5, 0.6) is 0 Å². The summed E-state index contributed by atoms with van der Waals surface area (Å²) in [4.78, 5) is 39.5. The molecule has 1 aliphatic rings. The molecule has 7 nitrogen and oxygen atoms in total. The number of nitrogens with zero attached hydrogens (tertiary/aromatic N) is 3. The molecule has 0 unspecified atom stereocenters. The van der Waals surface area contributed by atoms with E-state index in [0.717, 1.165) is 6.42 Å². The van der Waals surface area contributed by atoms with Crippen molar-refractivity contribution in [3.8, 4) is 0 Å². The lowest BCUT2D eigenvalue weighted by atomic mass is 10.2. The minimum Gasteiger partial charge on any atom is -0.341 e. The van der Waals surface area contributed by atoms with Crippen LogP contribution in [0.3, 0.4) is 0 Å². The van der Waals surface area contributed by atoms with Gasteiger partial charge in [0.2, 0.25) is 5.91 Å². The first-order valence-corrected chi connectivity index (χ1v) is 9.21. The first kappa shape index (κ1) is 17.3. The fourth-order valence-corrected chi connectivity index (χ4v) is 3.47. The van der Waals surface area contributed by atoms with Gasteiger partial charge in [-0.3, -0.25) is 14.4 Å². The number of carbonyl (C=O) groups is 2. The lowest BCUT2D eigenvalue weighted by molar-refractivity contribution is -0.131. The molecule has 1 fully saturated rings. The molecule has 0 spiro atoms. The monoisotopic (exact) mass is 360 g/mol. The fourth-order valence-electron chi connectivity index (χ4n) is 2.84. The Morgan fingerprint density at radius 2 is 1.92 bits per heavy atom. The number of thiophene rings is 1. The van der Waals surface area contributed by atoms with Crippen LogP contribution in [0.2, 0.25) is 0 Å². The van der Waals surface area contributed by atoms with E-state index in [1.54, 1.807) is 6.07 Å². The van der Waals surface area contributed by atoms with Crippen LogP contribution >= 0.6 is 11.3 Å². The molecule has 2 amide bonds. The van der Waals surface area contributed by atoms with Crippen LogP contribution in [0.1, 0.15) is 28.9 Å². The van der Waals surface area contributed by atoms with Gasteiger partial charge in [-0.2, -0.15) is 16.4 Å². The summed E-state index contributed by atoms with van der Waals surface area (Å²) in [7, 11) is 0. The first-order chi connectivity index (χ1) is 12.1. The Kier molecular flexibility index (Phi) is 5.60. The Hall–Kier alpha value is -2.48. The molecule has 0 aliphatic carbocycles. The number of aromatic amines is 1. The van der Waals surface area contributed by atoms with Crippen LogP contribution < -0.4 is 5.56 Å². The average Bonchev–Trinajstić information content (AvgIpc) is 3.05. The van der Waals surface area contributed by atoms with Crippen LogP contribution in [0.4, 0.5) is 0 Å². The Balaban J connectivity index is 1.51. The Labute approximate surface area is 149 Å². The molecule has 2 aromatic heterocycles. The van der Waals surface area contributed by atoms with Crippen molar-refractivity contribution in [2.45, 2.75) is 19.3 Å². The summed E-state index contributed by atoms with van der Waals surface area (Å²) in [6, 6.07) is 4.88. The number of hydrogen-bond donors (Lipinski definition) is 1. The van der Waals surface area contributed by atoms with Gasteiger partial charge in [-0.15, -0.1) is 0 Å². The smallest absolute Gasteiger partial charge is 0.264 e. The molecule has 2 aromatic rings. The molecule has 0 saturated carbocycles. The van der Waals surface area contributed by atoms with Gasteiger partial charge < -0.3 is 9.80 Å². The van der Waals surface area contributed by atoms with Gasteiger partial charge in [0.15, 0.2) is 0 Å². The van der Waals surface area contributed by atoms with Crippen molar-refractivity contribution in [3.05, 3.63) is 50.6 Å². The largest absolute Gasteiger partial charge is 0.341 e. The number of rotatable bonds is 4. The minimum atomic E-state index is -0.252. The molecule has 25 heavy (non-hydrogen) atoms. The highest BCUT2D eigenvalue weighted by atomic mass is 32.1. The molecule has 1 N–H and O–H groups in total. The Bertz CT molecular complexity index is 767. The van der Waals surface area contributed by atoms with Crippen molar-refractivity contribution in [1.29, 1.82) is 0 Å². The average molecular weight is 360 g/mol. The summed E-state index contributed by atoms with van der Waals surface area (Å²) in [6.07, 6.45) is 1.61. The molecule has 132 valence electrons. The zero-order valence-corrected chi connectivity index (χ0v) is 14.6. The predicted molar refractivity (Wildman–Crippen MR) is 94.6 cm³/mol. The van der Waals surface area contributed by atoms with E-state index < -0.39 is 0 Å². The SMILES string of the molecule is O=C(CCc1ccc(=O)[nH]n1)N1CCCN(C(=O)c2ccsc2)CC1. The van der Waals surface area contributed by atoms with Gasteiger partial charge in [0.1, 0.15) is 0 Å². The highest BCUT2D eigenvalue weighted by Crippen LogP contribution is 2.13. The van der Waals surface area contributed by atoms with E-state index in [1.807, 2.05) is 26.6 Å². The second-order valence-corrected chi connectivity index (χ2v) is 6.73. The van der Waals surface area contributed by atoms with Crippen molar-refractivity contribution >= 4 is 23.2 Å². The maximum absolute atomic E-state index is 12.4. The van der Waals surface area contributed by atoms with E-state index in [0.29, 0.717) is 50.3 Å². The highest BCUT2D eigenvalue weighted by Gasteiger charge is 2.22.